The molecular weight excluding hydrogens is 487 g/mol. The molecule has 0 unspecified atom stereocenters. The second-order valence-corrected chi connectivity index (χ2v) is 9.66. The van der Waals surface area contributed by atoms with Crippen LogP contribution in [-0.4, -0.2) is 66.8 Å². The summed E-state index contributed by atoms with van der Waals surface area (Å²) in [5.41, 5.74) is 2.13. The molecule has 0 aliphatic carbocycles. The Hall–Kier alpha value is -4.14. The summed E-state index contributed by atoms with van der Waals surface area (Å²) in [5, 5.41) is 2.84. The third-order valence-electron chi connectivity index (χ3n) is 7.09. The van der Waals surface area contributed by atoms with E-state index in [2.05, 4.69) is 10.2 Å². The molecule has 198 valence electrons. The predicted molar refractivity (Wildman–Crippen MR) is 142 cm³/mol. The SMILES string of the molecule is O=C(Nc1ccc(N2CCCN(C(=O)c3ccco3)CC2)c(C(=O)N2CCCCC2)c1)c1ccc(F)cc1. The Morgan fingerprint density at radius 3 is 2.24 bits per heavy atom. The van der Waals surface area contributed by atoms with Crippen LogP contribution in [-0.2, 0) is 0 Å². The standard InChI is InChI=1S/C29H31FN4O4/c30-22-9-7-21(8-10-22)27(35)31-23-11-12-25(24(20-23)28(36)33-13-2-1-3-14-33)32-15-5-16-34(18-17-32)29(37)26-6-4-19-38-26/h4,6-12,19-20H,1-3,5,13-18H2,(H,31,35). The minimum Gasteiger partial charge on any atom is -0.459 e. The van der Waals surface area contributed by atoms with Crippen molar-refractivity contribution < 1.29 is 23.2 Å². The Balaban J connectivity index is 1.38. The molecule has 0 bridgehead atoms. The van der Waals surface area contributed by atoms with Crippen molar-refractivity contribution in [3.05, 3.63) is 83.6 Å². The van der Waals surface area contributed by atoms with Gasteiger partial charge >= 0.3 is 0 Å². The summed E-state index contributed by atoms with van der Waals surface area (Å²) < 4.78 is 18.6. The molecule has 9 heteroatoms. The van der Waals surface area contributed by atoms with Crippen molar-refractivity contribution in [3.8, 4) is 0 Å². The van der Waals surface area contributed by atoms with Gasteiger partial charge in [0.15, 0.2) is 5.76 Å². The number of nitrogens with one attached hydrogen (secondary N) is 1. The van der Waals surface area contributed by atoms with E-state index in [9.17, 15) is 18.8 Å². The molecule has 2 aliphatic rings. The summed E-state index contributed by atoms with van der Waals surface area (Å²) in [5.74, 6) is -0.676. The molecule has 2 saturated heterocycles. The minimum absolute atomic E-state index is 0.0645. The maximum absolute atomic E-state index is 13.7. The lowest BCUT2D eigenvalue weighted by atomic mass is 10.1. The van der Waals surface area contributed by atoms with Crippen LogP contribution in [0.3, 0.4) is 0 Å². The van der Waals surface area contributed by atoms with Crippen molar-refractivity contribution in [3.63, 3.8) is 0 Å². The van der Waals surface area contributed by atoms with Gasteiger partial charge in [0.1, 0.15) is 5.82 Å². The molecule has 2 fully saturated rings. The van der Waals surface area contributed by atoms with Crippen molar-refractivity contribution in [2.45, 2.75) is 25.7 Å². The van der Waals surface area contributed by atoms with Crippen LogP contribution >= 0.6 is 0 Å². The van der Waals surface area contributed by atoms with Crippen LogP contribution < -0.4 is 10.2 Å². The van der Waals surface area contributed by atoms with Crippen molar-refractivity contribution in [2.24, 2.45) is 0 Å². The van der Waals surface area contributed by atoms with E-state index in [-0.39, 0.29) is 17.7 Å². The molecule has 0 atom stereocenters. The number of carbonyl (C=O) groups excluding carboxylic acids is 3. The molecule has 3 heterocycles. The van der Waals surface area contributed by atoms with Gasteiger partial charge in [-0.25, -0.2) is 4.39 Å². The summed E-state index contributed by atoms with van der Waals surface area (Å²) in [6.07, 6.45) is 5.28. The number of furan rings is 1. The smallest absolute Gasteiger partial charge is 0.289 e. The number of halogens is 1. The second-order valence-electron chi connectivity index (χ2n) is 9.66. The van der Waals surface area contributed by atoms with Gasteiger partial charge in [-0.3, -0.25) is 14.4 Å². The Morgan fingerprint density at radius 1 is 0.763 bits per heavy atom. The Kier molecular flexibility index (Phi) is 7.72. The van der Waals surface area contributed by atoms with E-state index in [1.54, 1.807) is 29.2 Å². The Morgan fingerprint density at radius 2 is 1.50 bits per heavy atom. The molecule has 38 heavy (non-hydrogen) atoms. The number of benzene rings is 2. The lowest BCUT2D eigenvalue weighted by Crippen LogP contribution is -2.38. The van der Waals surface area contributed by atoms with Crippen LogP contribution in [0.15, 0.2) is 65.3 Å². The predicted octanol–water partition coefficient (Wildman–Crippen LogP) is 4.65. The van der Waals surface area contributed by atoms with Gasteiger partial charge in [0.25, 0.3) is 17.7 Å². The van der Waals surface area contributed by atoms with Crippen molar-refractivity contribution >= 4 is 29.1 Å². The average molecular weight is 519 g/mol. The van der Waals surface area contributed by atoms with Gasteiger partial charge in [-0.05, 0) is 80.3 Å². The van der Waals surface area contributed by atoms with Crippen LogP contribution in [0, 0.1) is 5.82 Å². The number of hydrogen-bond acceptors (Lipinski definition) is 5. The number of amides is 3. The van der Waals surface area contributed by atoms with E-state index in [0.29, 0.717) is 61.8 Å². The average Bonchev–Trinajstić information content (AvgIpc) is 3.38. The first-order valence-electron chi connectivity index (χ1n) is 13.1. The Bertz CT molecular complexity index is 1290. The molecule has 1 aromatic heterocycles. The molecule has 0 saturated carbocycles. The lowest BCUT2D eigenvalue weighted by Gasteiger charge is -2.30. The maximum Gasteiger partial charge on any atom is 0.289 e. The van der Waals surface area contributed by atoms with E-state index >= 15 is 0 Å². The number of likely N-dealkylation sites (tertiary alicyclic amines) is 1. The van der Waals surface area contributed by atoms with Crippen LogP contribution in [0.2, 0.25) is 0 Å². The highest BCUT2D eigenvalue weighted by Crippen LogP contribution is 2.28. The first kappa shape index (κ1) is 25.5. The van der Waals surface area contributed by atoms with Gasteiger partial charge in [0.2, 0.25) is 0 Å². The van der Waals surface area contributed by atoms with Crippen molar-refractivity contribution in [1.82, 2.24) is 9.80 Å². The van der Waals surface area contributed by atoms with Crippen molar-refractivity contribution in [2.75, 3.05) is 49.5 Å². The van der Waals surface area contributed by atoms with E-state index < -0.39 is 5.82 Å². The summed E-state index contributed by atoms with van der Waals surface area (Å²) in [4.78, 5) is 45.0. The molecule has 2 aromatic carbocycles. The number of piperidine rings is 1. The third-order valence-corrected chi connectivity index (χ3v) is 7.09. The largest absolute Gasteiger partial charge is 0.459 e. The summed E-state index contributed by atoms with van der Waals surface area (Å²) in [6, 6.07) is 14.1. The molecule has 0 radical (unpaired) electrons. The molecule has 2 aliphatic heterocycles. The maximum atomic E-state index is 13.7. The lowest BCUT2D eigenvalue weighted by molar-refractivity contribution is 0.0720. The quantitative estimate of drug-likeness (QED) is 0.532. The van der Waals surface area contributed by atoms with E-state index in [0.717, 1.165) is 31.4 Å². The highest BCUT2D eigenvalue weighted by Gasteiger charge is 2.27. The van der Waals surface area contributed by atoms with Gasteiger partial charge in [-0.1, -0.05) is 0 Å². The number of nitrogens with zero attached hydrogens (tertiary/aromatic N) is 3. The van der Waals surface area contributed by atoms with E-state index in [1.807, 2.05) is 11.0 Å². The Labute approximate surface area is 221 Å². The summed E-state index contributed by atoms with van der Waals surface area (Å²) >= 11 is 0. The van der Waals surface area contributed by atoms with Crippen molar-refractivity contribution in [1.29, 1.82) is 0 Å². The first-order chi connectivity index (χ1) is 18.5. The second kappa shape index (κ2) is 11.5. The van der Waals surface area contributed by atoms with Gasteiger partial charge in [-0.2, -0.15) is 0 Å². The first-order valence-corrected chi connectivity index (χ1v) is 13.1. The van der Waals surface area contributed by atoms with Crippen LogP contribution in [0.1, 0.15) is 57.0 Å². The van der Waals surface area contributed by atoms with Crippen LogP contribution in [0.25, 0.3) is 0 Å². The molecule has 3 amide bonds. The zero-order chi connectivity index (χ0) is 26.5. The fraction of sp³-hybridized carbons (Fsp3) is 0.345. The third kappa shape index (κ3) is 5.72. The molecule has 1 N–H and O–H groups in total. The molecule has 0 spiro atoms. The van der Waals surface area contributed by atoms with Crippen LogP contribution in [0.5, 0.6) is 0 Å². The van der Waals surface area contributed by atoms with Gasteiger partial charge < -0.3 is 24.4 Å². The van der Waals surface area contributed by atoms with Gasteiger partial charge in [0.05, 0.1) is 11.8 Å². The minimum atomic E-state index is -0.415. The molecule has 8 nitrogen and oxygen atoms in total. The summed E-state index contributed by atoms with van der Waals surface area (Å²) in [6.45, 7) is 3.75. The fourth-order valence-corrected chi connectivity index (χ4v) is 5.05. The number of rotatable bonds is 5. The number of hydrogen-bond donors (Lipinski definition) is 1. The zero-order valence-corrected chi connectivity index (χ0v) is 21.2. The highest BCUT2D eigenvalue weighted by atomic mass is 19.1. The number of carbonyl (C=O) groups is 3. The highest BCUT2D eigenvalue weighted by molar-refractivity contribution is 6.06. The zero-order valence-electron chi connectivity index (χ0n) is 21.2. The normalized spacial score (nSPS) is 16.2. The van der Waals surface area contributed by atoms with Crippen LogP contribution in [0.4, 0.5) is 15.8 Å². The van der Waals surface area contributed by atoms with Gasteiger partial charge in [-0.15, -0.1) is 0 Å². The number of anilines is 2. The van der Waals surface area contributed by atoms with E-state index in [4.69, 9.17) is 4.42 Å². The fourth-order valence-electron chi connectivity index (χ4n) is 5.05. The topological polar surface area (TPSA) is 86.1 Å². The van der Waals surface area contributed by atoms with E-state index in [1.165, 1.54) is 30.5 Å². The summed E-state index contributed by atoms with van der Waals surface area (Å²) in [7, 11) is 0. The molecule has 3 aromatic rings. The van der Waals surface area contributed by atoms with Gasteiger partial charge in [0, 0.05) is 56.2 Å². The molecular formula is C29H31FN4O4. The molecule has 5 rings (SSSR count). The monoisotopic (exact) mass is 518 g/mol.